The van der Waals surface area contributed by atoms with Crippen molar-refractivity contribution in [2.24, 2.45) is 23.5 Å². The smallest absolute Gasteiger partial charge is 0.408 e. The van der Waals surface area contributed by atoms with Gasteiger partial charge in [0.2, 0.25) is 0 Å². The number of fused-ring (bicyclic) bond motifs is 1. The summed E-state index contributed by atoms with van der Waals surface area (Å²) in [6, 6.07) is 2.17. The number of carbonyl (C=O) groups is 2. The average Bonchev–Trinajstić information content (AvgIpc) is 3.10. The van der Waals surface area contributed by atoms with Crippen LogP contribution in [0.15, 0.2) is 18.5 Å². The maximum atomic E-state index is 12.5. The van der Waals surface area contributed by atoms with E-state index in [0.717, 1.165) is 48.8 Å². The van der Waals surface area contributed by atoms with Crippen molar-refractivity contribution in [1.82, 2.24) is 15.3 Å². The highest BCUT2D eigenvalue weighted by atomic mass is 16.6. The van der Waals surface area contributed by atoms with E-state index < -0.39 is 11.5 Å². The Morgan fingerprint density at radius 2 is 1.94 bits per heavy atom. The van der Waals surface area contributed by atoms with Crippen LogP contribution in [-0.2, 0) is 4.74 Å². The minimum atomic E-state index is -0.509. The van der Waals surface area contributed by atoms with Gasteiger partial charge in [0.15, 0.2) is 0 Å². The highest BCUT2D eigenvalue weighted by Crippen LogP contribution is 2.56. The summed E-state index contributed by atoms with van der Waals surface area (Å²) in [7, 11) is 0. The van der Waals surface area contributed by atoms with Gasteiger partial charge in [0.1, 0.15) is 11.2 Å². The number of amides is 2. The Morgan fingerprint density at radius 3 is 2.58 bits per heavy atom. The van der Waals surface area contributed by atoms with Crippen molar-refractivity contribution in [3.8, 4) is 0 Å². The van der Waals surface area contributed by atoms with E-state index in [1.807, 2.05) is 33.0 Å². The highest BCUT2D eigenvalue weighted by molar-refractivity contribution is 6.06. The maximum Gasteiger partial charge on any atom is 0.408 e. The number of rotatable bonds is 4. The Kier molecular flexibility index (Phi) is 4.46. The van der Waals surface area contributed by atoms with E-state index in [1.54, 1.807) is 6.20 Å². The van der Waals surface area contributed by atoms with E-state index in [9.17, 15) is 9.59 Å². The zero-order valence-corrected chi connectivity index (χ0v) is 18.3. The van der Waals surface area contributed by atoms with Crippen molar-refractivity contribution in [3.05, 3.63) is 24.0 Å². The Hall–Kier alpha value is -2.77. The normalized spacial score (nSPS) is 31.6. The molecule has 0 spiro atoms. The minimum Gasteiger partial charge on any atom is -0.444 e. The largest absolute Gasteiger partial charge is 0.444 e. The van der Waals surface area contributed by atoms with Crippen LogP contribution in [0.4, 0.5) is 10.5 Å². The molecular weight excluding hydrogens is 394 g/mol. The van der Waals surface area contributed by atoms with Crippen LogP contribution in [0, 0.1) is 17.8 Å². The van der Waals surface area contributed by atoms with Gasteiger partial charge in [0.05, 0.1) is 11.3 Å². The van der Waals surface area contributed by atoms with E-state index in [1.165, 1.54) is 0 Å². The Labute approximate surface area is 181 Å². The van der Waals surface area contributed by atoms with Gasteiger partial charge in [-0.1, -0.05) is 0 Å². The number of hydrogen-bond donors (Lipinski definition) is 4. The second-order valence-electron chi connectivity index (χ2n) is 10.7. The first-order chi connectivity index (χ1) is 14.6. The van der Waals surface area contributed by atoms with Gasteiger partial charge < -0.3 is 26.1 Å². The van der Waals surface area contributed by atoms with Crippen LogP contribution in [-0.4, -0.2) is 39.2 Å². The molecule has 2 atom stereocenters. The third-order valence-corrected chi connectivity index (χ3v) is 7.20. The molecule has 2 aromatic rings. The Bertz CT molecular complexity index is 1020. The summed E-state index contributed by atoms with van der Waals surface area (Å²) in [6.45, 7) is 5.66. The quantitative estimate of drug-likeness (QED) is 0.597. The molecule has 0 aromatic carbocycles. The summed E-state index contributed by atoms with van der Waals surface area (Å²) in [5, 5.41) is 7.83. The van der Waals surface area contributed by atoms with E-state index in [2.05, 4.69) is 20.6 Å². The summed E-state index contributed by atoms with van der Waals surface area (Å²) < 4.78 is 5.55. The number of alkyl carbamates (subject to hydrolysis) is 1. The summed E-state index contributed by atoms with van der Waals surface area (Å²) in [5.41, 5.74) is 6.89. The van der Waals surface area contributed by atoms with Gasteiger partial charge in [0.25, 0.3) is 5.91 Å². The number of nitrogens with zero attached hydrogens (tertiary/aromatic N) is 1. The van der Waals surface area contributed by atoms with Gasteiger partial charge >= 0.3 is 6.09 Å². The van der Waals surface area contributed by atoms with Gasteiger partial charge in [-0.05, 0) is 76.7 Å². The van der Waals surface area contributed by atoms with Crippen LogP contribution in [0.5, 0.6) is 0 Å². The number of ether oxygens (including phenoxy) is 1. The number of nitrogens with one attached hydrogen (secondary N) is 3. The number of aromatic nitrogens is 2. The fourth-order valence-corrected chi connectivity index (χ4v) is 6.45. The van der Waals surface area contributed by atoms with Crippen molar-refractivity contribution >= 4 is 28.7 Å². The topological polar surface area (TPSA) is 122 Å². The molecule has 166 valence electrons. The molecule has 0 aliphatic heterocycles. The number of pyridine rings is 1. The SMILES string of the molecule is CC(C)(C)OC(=O)NC12CC3CC(C1)C(Nc1c(C(N)=O)cnc4[nH]ccc14)C(C3)C2. The zero-order chi connectivity index (χ0) is 22.0. The van der Waals surface area contributed by atoms with Crippen LogP contribution >= 0.6 is 0 Å². The van der Waals surface area contributed by atoms with Crippen molar-refractivity contribution in [3.63, 3.8) is 0 Å². The molecule has 4 aliphatic rings. The molecule has 2 unspecified atom stereocenters. The molecular formula is C23H31N5O3. The van der Waals surface area contributed by atoms with Crippen molar-refractivity contribution in [2.75, 3.05) is 5.32 Å². The third kappa shape index (κ3) is 3.62. The molecule has 0 radical (unpaired) electrons. The predicted molar refractivity (Wildman–Crippen MR) is 118 cm³/mol. The van der Waals surface area contributed by atoms with Gasteiger partial charge in [-0.25, -0.2) is 9.78 Å². The van der Waals surface area contributed by atoms with E-state index in [-0.39, 0.29) is 17.7 Å². The van der Waals surface area contributed by atoms with Crippen LogP contribution in [0.2, 0.25) is 0 Å². The van der Waals surface area contributed by atoms with E-state index in [0.29, 0.717) is 23.3 Å². The van der Waals surface area contributed by atoms with Crippen molar-refractivity contribution in [2.45, 2.75) is 70.1 Å². The summed E-state index contributed by atoms with van der Waals surface area (Å²) in [5.74, 6) is 0.976. The lowest BCUT2D eigenvalue weighted by molar-refractivity contribution is -0.0348. The number of carbonyl (C=O) groups excluding carboxylic acids is 2. The molecule has 4 bridgehead atoms. The molecule has 4 aliphatic carbocycles. The number of aromatic amines is 1. The first-order valence-corrected chi connectivity index (χ1v) is 11.2. The summed E-state index contributed by atoms with van der Waals surface area (Å²) >= 11 is 0. The van der Waals surface area contributed by atoms with Gasteiger partial charge in [-0.2, -0.15) is 0 Å². The van der Waals surface area contributed by atoms with Crippen LogP contribution in [0.3, 0.4) is 0 Å². The molecule has 4 fully saturated rings. The molecule has 4 saturated carbocycles. The van der Waals surface area contributed by atoms with E-state index in [4.69, 9.17) is 10.5 Å². The van der Waals surface area contributed by atoms with Crippen LogP contribution in [0.25, 0.3) is 11.0 Å². The fourth-order valence-electron chi connectivity index (χ4n) is 6.45. The zero-order valence-electron chi connectivity index (χ0n) is 18.3. The number of anilines is 1. The molecule has 0 saturated heterocycles. The molecule has 6 rings (SSSR count). The molecule has 8 heteroatoms. The van der Waals surface area contributed by atoms with Gasteiger partial charge in [-0.3, -0.25) is 4.79 Å². The van der Waals surface area contributed by atoms with Gasteiger partial charge in [-0.15, -0.1) is 0 Å². The highest BCUT2D eigenvalue weighted by Gasteiger charge is 2.56. The van der Waals surface area contributed by atoms with Crippen LogP contribution < -0.4 is 16.4 Å². The van der Waals surface area contributed by atoms with Gasteiger partial charge in [0, 0.05) is 29.4 Å². The molecule has 5 N–H and O–H groups in total. The monoisotopic (exact) mass is 425 g/mol. The number of hydrogen-bond acceptors (Lipinski definition) is 5. The van der Waals surface area contributed by atoms with Crippen molar-refractivity contribution < 1.29 is 14.3 Å². The second kappa shape index (κ2) is 6.87. The Balaban J connectivity index is 1.40. The number of nitrogens with two attached hydrogens (primary N) is 1. The molecule has 2 amide bonds. The van der Waals surface area contributed by atoms with E-state index >= 15 is 0 Å². The molecule has 31 heavy (non-hydrogen) atoms. The van der Waals surface area contributed by atoms with Crippen molar-refractivity contribution in [1.29, 1.82) is 0 Å². The maximum absolute atomic E-state index is 12.5. The third-order valence-electron chi connectivity index (χ3n) is 7.20. The van der Waals surface area contributed by atoms with Crippen LogP contribution in [0.1, 0.15) is 63.2 Å². The molecule has 2 aromatic heterocycles. The predicted octanol–water partition coefficient (Wildman–Crippen LogP) is 3.55. The lowest BCUT2D eigenvalue weighted by Crippen LogP contribution is -2.65. The molecule has 2 heterocycles. The summed E-state index contributed by atoms with van der Waals surface area (Å²) in [6.07, 6.45) is 8.19. The summed E-state index contributed by atoms with van der Waals surface area (Å²) in [4.78, 5) is 32.1. The number of H-pyrrole nitrogens is 1. The fraction of sp³-hybridized carbons (Fsp3) is 0.609. The first kappa shape index (κ1) is 20.2. The minimum absolute atomic E-state index is 0.189. The molecule has 8 nitrogen and oxygen atoms in total. The average molecular weight is 426 g/mol. The lowest BCUT2D eigenvalue weighted by Gasteiger charge is -2.60. The standard InChI is InChI=1S/C23H31N5O3/c1-22(2,3)31-21(30)28-23-8-12-6-13(9-23)17(14(7-12)10-23)27-18-15-4-5-25-20(15)26-11-16(18)19(24)29/h4-5,11-14,17H,6-10H2,1-3H3,(H2,24,29)(H,28,30)(H2,25,26,27). The second-order valence-corrected chi connectivity index (χ2v) is 10.7. The lowest BCUT2D eigenvalue weighted by atomic mass is 9.51. The number of primary amides is 1. The Morgan fingerprint density at radius 1 is 1.23 bits per heavy atom. The first-order valence-electron chi connectivity index (χ1n) is 11.2.